The molecule has 2 aliphatic heterocycles. The van der Waals surface area contributed by atoms with E-state index in [1.165, 1.54) is 69.2 Å². The molecule has 2 aliphatic carbocycles. The van der Waals surface area contributed by atoms with Gasteiger partial charge in [-0.15, -0.1) is 0 Å². The van der Waals surface area contributed by atoms with E-state index in [0.717, 1.165) is 42.7 Å². The molecule has 2 aromatic carbocycles. The minimum absolute atomic E-state index is 0.318. The Labute approximate surface area is 210 Å². The van der Waals surface area contributed by atoms with Gasteiger partial charge in [-0.1, -0.05) is 55.7 Å². The van der Waals surface area contributed by atoms with Crippen molar-refractivity contribution in [3.05, 3.63) is 59.7 Å². The second-order valence-corrected chi connectivity index (χ2v) is 11.4. The maximum absolute atomic E-state index is 10.8. The van der Waals surface area contributed by atoms with Crippen molar-refractivity contribution in [1.82, 2.24) is 4.90 Å². The number of nitrogens with zero attached hydrogens (tertiary/aromatic N) is 2. The van der Waals surface area contributed by atoms with Gasteiger partial charge in [-0.3, -0.25) is 0 Å². The molecule has 3 atom stereocenters. The molecule has 0 spiro atoms. The van der Waals surface area contributed by atoms with Gasteiger partial charge in [0.25, 0.3) is 0 Å². The Hall–Kier alpha value is -2.51. The Morgan fingerprint density at radius 3 is 2.37 bits per heavy atom. The highest BCUT2D eigenvalue weighted by atomic mass is 16.7. The van der Waals surface area contributed by atoms with Crippen LogP contribution in [0.15, 0.2) is 48.5 Å². The van der Waals surface area contributed by atoms with Crippen molar-refractivity contribution < 1.29 is 9.47 Å². The predicted molar refractivity (Wildman–Crippen MR) is 137 cm³/mol. The first-order valence-corrected chi connectivity index (χ1v) is 13.8. The van der Waals surface area contributed by atoms with Crippen LogP contribution in [0.25, 0.3) is 0 Å². The van der Waals surface area contributed by atoms with Crippen molar-refractivity contribution in [2.75, 3.05) is 26.4 Å². The summed E-state index contributed by atoms with van der Waals surface area (Å²) in [6.45, 7) is 3.81. The summed E-state index contributed by atoms with van der Waals surface area (Å²) in [6, 6.07) is 20.2. The number of likely N-dealkylation sites (tertiary alicyclic amines) is 1. The first kappa shape index (κ1) is 22.9. The summed E-state index contributed by atoms with van der Waals surface area (Å²) in [5.41, 5.74) is 2.29. The lowest BCUT2D eigenvalue weighted by Gasteiger charge is -2.45. The zero-order valence-corrected chi connectivity index (χ0v) is 20.8. The van der Waals surface area contributed by atoms with Crippen molar-refractivity contribution >= 4 is 0 Å². The molecule has 2 aromatic rings. The number of hydrogen-bond donors (Lipinski definition) is 0. The van der Waals surface area contributed by atoms with Gasteiger partial charge in [-0.25, -0.2) is 0 Å². The monoisotopic (exact) mass is 470 g/mol. The topological polar surface area (TPSA) is 45.5 Å². The molecule has 4 aliphatic rings. The fraction of sp³-hybridized carbons (Fsp3) is 0.581. The Balaban J connectivity index is 1.15. The van der Waals surface area contributed by atoms with E-state index < -0.39 is 0 Å². The summed E-state index contributed by atoms with van der Waals surface area (Å²) in [5, 5.41) is 10.8. The lowest BCUT2D eigenvalue weighted by atomic mass is 9.60. The zero-order valence-electron chi connectivity index (χ0n) is 20.8. The molecule has 3 fully saturated rings. The van der Waals surface area contributed by atoms with E-state index in [-0.39, 0.29) is 5.41 Å². The lowest BCUT2D eigenvalue weighted by Crippen LogP contribution is -2.46. The van der Waals surface area contributed by atoms with E-state index in [1.807, 2.05) is 6.07 Å². The van der Waals surface area contributed by atoms with Gasteiger partial charge in [-0.2, -0.15) is 5.26 Å². The molecule has 35 heavy (non-hydrogen) atoms. The predicted octanol–water partition coefficient (Wildman–Crippen LogP) is 6.35. The molecule has 1 saturated heterocycles. The molecule has 0 N–H and O–H groups in total. The maximum atomic E-state index is 10.8. The maximum Gasteiger partial charge on any atom is 0.231 e. The molecule has 0 amide bonds. The van der Waals surface area contributed by atoms with Crippen molar-refractivity contribution in [2.24, 2.45) is 23.7 Å². The SMILES string of the molecule is N#CC(CC1C2CCC1CN(CCc1ccc3c(c1)OCO3)C2)(c1ccccc1)C1CCCCC1. The average Bonchev–Trinajstić information content (AvgIpc) is 3.47. The van der Waals surface area contributed by atoms with Gasteiger partial charge >= 0.3 is 0 Å². The van der Waals surface area contributed by atoms with Crippen LogP contribution in [-0.2, 0) is 11.8 Å². The number of ether oxygens (including phenoxy) is 2. The molecular weight excluding hydrogens is 432 g/mol. The van der Waals surface area contributed by atoms with Crippen molar-refractivity contribution in [3.8, 4) is 17.6 Å². The second kappa shape index (κ2) is 9.86. The van der Waals surface area contributed by atoms with Crippen LogP contribution >= 0.6 is 0 Å². The molecular formula is C31H38N2O2. The number of piperidine rings is 1. The first-order chi connectivity index (χ1) is 17.2. The van der Waals surface area contributed by atoms with E-state index in [2.05, 4.69) is 53.4 Å². The molecule has 0 radical (unpaired) electrons. The third kappa shape index (κ3) is 4.45. The van der Waals surface area contributed by atoms with E-state index >= 15 is 0 Å². The third-order valence-corrected chi connectivity index (χ3v) is 9.61. The molecule has 4 heteroatoms. The van der Waals surface area contributed by atoms with Crippen LogP contribution in [0.3, 0.4) is 0 Å². The normalized spacial score (nSPS) is 27.9. The summed E-state index contributed by atoms with van der Waals surface area (Å²) in [7, 11) is 0. The number of nitriles is 1. The number of fused-ring (bicyclic) bond motifs is 3. The molecule has 184 valence electrons. The van der Waals surface area contributed by atoms with E-state index in [0.29, 0.717) is 18.6 Å². The van der Waals surface area contributed by atoms with Gasteiger partial charge in [0.05, 0.1) is 11.5 Å². The van der Waals surface area contributed by atoms with Crippen molar-refractivity contribution in [2.45, 2.75) is 63.2 Å². The third-order valence-electron chi connectivity index (χ3n) is 9.61. The quantitative estimate of drug-likeness (QED) is 0.473. The molecule has 2 saturated carbocycles. The van der Waals surface area contributed by atoms with Crippen molar-refractivity contribution in [1.29, 1.82) is 5.26 Å². The minimum atomic E-state index is -0.318. The Morgan fingerprint density at radius 1 is 0.886 bits per heavy atom. The van der Waals surface area contributed by atoms with Gasteiger partial charge in [0.15, 0.2) is 11.5 Å². The summed E-state index contributed by atoms with van der Waals surface area (Å²) in [4.78, 5) is 2.70. The smallest absolute Gasteiger partial charge is 0.231 e. The van der Waals surface area contributed by atoms with Gasteiger partial charge in [0, 0.05) is 19.6 Å². The van der Waals surface area contributed by atoms with Crippen LogP contribution in [0.1, 0.15) is 62.5 Å². The van der Waals surface area contributed by atoms with Crippen LogP contribution in [-0.4, -0.2) is 31.3 Å². The fourth-order valence-corrected chi connectivity index (χ4v) is 7.76. The molecule has 3 unspecified atom stereocenters. The van der Waals surface area contributed by atoms with E-state index in [1.54, 1.807) is 0 Å². The van der Waals surface area contributed by atoms with Gasteiger partial charge in [0.2, 0.25) is 6.79 Å². The summed E-state index contributed by atoms with van der Waals surface area (Å²) < 4.78 is 11.0. The van der Waals surface area contributed by atoms with Crippen LogP contribution in [0, 0.1) is 35.0 Å². The standard InChI is InChI=1S/C31H38N2O2/c32-21-31(26-7-3-1-4-8-26,27-9-5-2-6-10-27)18-28-24-12-13-25(28)20-33(19-24)16-15-23-11-14-29-30(17-23)35-22-34-29/h1,3-4,7-8,11,14,17,24-25,27-28H,2,5-6,9-10,12-13,15-16,18-20,22H2. The number of rotatable bonds is 7. The zero-order chi connectivity index (χ0) is 23.7. The Bertz CT molecular complexity index is 1040. The van der Waals surface area contributed by atoms with Crippen LogP contribution in [0.2, 0.25) is 0 Å². The highest BCUT2D eigenvalue weighted by Crippen LogP contribution is 2.52. The van der Waals surface area contributed by atoms with E-state index in [9.17, 15) is 5.26 Å². The lowest BCUT2D eigenvalue weighted by molar-refractivity contribution is 0.0801. The first-order valence-electron chi connectivity index (χ1n) is 13.8. The highest BCUT2D eigenvalue weighted by Gasteiger charge is 2.49. The molecule has 6 rings (SSSR count). The van der Waals surface area contributed by atoms with Crippen molar-refractivity contribution in [3.63, 3.8) is 0 Å². The number of hydrogen-bond acceptors (Lipinski definition) is 4. The van der Waals surface area contributed by atoms with Gasteiger partial charge in [0.1, 0.15) is 0 Å². The fourth-order valence-electron chi connectivity index (χ4n) is 7.76. The van der Waals surface area contributed by atoms with Gasteiger partial charge < -0.3 is 14.4 Å². The molecule has 2 heterocycles. The summed E-state index contributed by atoms with van der Waals surface area (Å²) >= 11 is 0. The minimum Gasteiger partial charge on any atom is -0.454 e. The Morgan fingerprint density at radius 2 is 1.63 bits per heavy atom. The summed E-state index contributed by atoms with van der Waals surface area (Å²) in [6.07, 6.45) is 11.1. The molecule has 4 nitrogen and oxygen atoms in total. The van der Waals surface area contributed by atoms with Crippen LogP contribution in [0.4, 0.5) is 0 Å². The largest absolute Gasteiger partial charge is 0.454 e. The van der Waals surface area contributed by atoms with Crippen LogP contribution < -0.4 is 9.47 Å². The molecule has 2 bridgehead atoms. The second-order valence-electron chi connectivity index (χ2n) is 11.4. The number of benzene rings is 2. The average molecular weight is 471 g/mol. The highest BCUT2D eigenvalue weighted by molar-refractivity contribution is 5.44. The Kier molecular flexibility index (Phi) is 6.46. The van der Waals surface area contributed by atoms with E-state index in [4.69, 9.17) is 9.47 Å². The van der Waals surface area contributed by atoms with Gasteiger partial charge in [-0.05, 0) is 85.5 Å². The van der Waals surface area contributed by atoms with Crippen LogP contribution in [0.5, 0.6) is 11.5 Å². The summed E-state index contributed by atoms with van der Waals surface area (Å²) in [5.74, 6) is 4.39. The molecule has 0 aromatic heterocycles.